The van der Waals surface area contributed by atoms with Gasteiger partial charge in [-0.25, -0.2) is 0 Å². The van der Waals surface area contributed by atoms with Crippen molar-refractivity contribution >= 4 is 5.91 Å². The highest BCUT2D eigenvalue weighted by Gasteiger charge is 2.28. The zero-order chi connectivity index (χ0) is 13.7. The van der Waals surface area contributed by atoms with Crippen LogP contribution in [-0.4, -0.2) is 60.9 Å². The minimum Gasteiger partial charge on any atom is -0.394 e. The van der Waals surface area contributed by atoms with Gasteiger partial charge >= 0.3 is 0 Å². The van der Waals surface area contributed by atoms with Crippen molar-refractivity contribution in [2.45, 2.75) is 44.8 Å². The molecule has 2 aliphatic rings. The van der Waals surface area contributed by atoms with Crippen molar-refractivity contribution in [3.05, 3.63) is 0 Å². The molecule has 2 unspecified atom stereocenters. The van der Waals surface area contributed by atoms with Gasteiger partial charge in [-0.3, -0.25) is 4.79 Å². The van der Waals surface area contributed by atoms with Crippen LogP contribution >= 0.6 is 0 Å². The van der Waals surface area contributed by atoms with E-state index < -0.39 is 0 Å². The maximum atomic E-state index is 12.2. The Morgan fingerprint density at radius 2 is 2.11 bits per heavy atom. The van der Waals surface area contributed by atoms with Crippen LogP contribution in [0.15, 0.2) is 0 Å². The summed E-state index contributed by atoms with van der Waals surface area (Å²) in [5, 5.41) is 12.5. The van der Waals surface area contributed by atoms with Crippen LogP contribution < -0.4 is 5.32 Å². The van der Waals surface area contributed by atoms with Crippen LogP contribution in [0.5, 0.6) is 0 Å². The third kappa shape index (κ3) is 4.44. The Morgan fingerprint density at radius 1 is 1.37 bits per heavy atom. The number of nitrogens with one attached hydrogen (secondary N) is 1. The smallest absolute Gasteiger partial charge is 0.222 e. The van der Waals surface area contributed by atoms with Crippen LogP contribution in [0.1, 0.15) is 32.6 Å². The molecule has 2 heterocycles. The van der Waals surface area contributed by atoms with Gasteiger partial charge in [0.1, 0.15) is 0 Å². The lowest BCUT2D eigenvalue weighted by atomic mass is 9.93. The molecule has 19 heavy (non-hydrogen) atoms. The number of ether oxygens (including phenoxy) is 1. The fourth-order valence-corrected chi connectivity index (χ4v) is 3.01. The summed E-state index contributed by atoms with van der Waals surface area (Å²) >= 11 is 0. The minimum atomic E-state index is -0.216. The summed E-state index contributed by atoms with van der Waals surface area (Å²) in [4.78, 5) is 14.1. The van der Waals surface area contributed by atoms with Gasteiger partial charge in [0, 0.05) is 19.5 Å². The van der Waals surface area contributed by atoms with Crippen LogP contribution in [0.2, 0.25) is 0 Å². The van der Waals surface area contributed by atoms with Crippen molar-refractivity contribution in [2.75, 3.05) is 32.8 Å². The van der Waals surface area contributed by atoms with Gasteiger partial charge in [-0.1, -0.05) is 0 Å². The summed E-state index contributed by atoms with van der Waals surface area (Å²) in [5.41, 5.74) is 0. The number of carbonyl (C=O) groups is 1. The standard InChI is InChI=1S/C14H26N2O3/c1-11-8-16(9-13(10-17)19-11)14(18)3-2-12-4-6-15-7-5-12/h11-13,15,17H,2-10H2,1H3. The summed E-state index contributed by atoms with van der Waals surface area (Å²) in [6, 6.07) is 0. The van der Waals surface area contributed by atoms with Gasteiger partial charge in [-0.05, 0) is 45.2 Å². The van der Waals surface area contributed by atoms with E-state index in [1.807, 2.05) is 11.8 Å². The summed E-state index contributed by atoms with van der Waals surface area (Å²) < 4.78 is 5.56. The first kappa shape index (κ1) is 14.8. The number of carbonyl (C=O) groups excluding carboxylic acids is 1. The minimum absolute atomic E-state index is 0.0115. The Hall–Kier alpha value is -0.650. The highest BCUT2D eigenvalue weighted by atomic mass is 16.5. The number of morpholine rings is 1. The monoisotopic (exact) mass is 270 g/mol. The lowest BCUT2D eigenvalue weighted by Crippen LogP contribution is -2.50. The third-order valence-electron chi connectivity index (χ3n) is 4.11. The van der Waals surface area contributed by atoms with E-state index in [-0.39, 0.29) is 24.7 Å². The van der Waals surface area contributed by atoms with E-state index in [9.17, 15) is 9.90 Å². The molecule has 5 heteroatoms. The van der Waals surface area contributed by atoms with Crippen molar-refractivity contribution in [1.29, 1.82) is 0 Å². The van der Waals surface area contributed by atoms with Crippen LogP contribution in [0, 0.1) is 5.92 Å². The third-order valence-corrected chi connectivity index (χ3v) is 4.11. The predicted molar refractivity (Wildman–Crippen MR) is 72.8 cm³/mol. The van der Waals surface area contributed by atoms with Gasteiger partial charge in [-0.2, -0.15) is 0 Å². The van der Waals surface area contributed by atoms with Gasteiger partial charge < -0.3 is 20.1 Å². The van der Waals surface area contributed by atoms with Gasteiger partial charge in [0.05, 0.1) is 18.8 Å². The molecule has 1 amide bonds. The lowest BCUT2D eigenvalue weighted by molar-refractivity contribution is -0.147. The number of piperidine rings is 1. The Kier molecular flexibility index (Phi) is 5.60. The number of aliphatic hydroxyl groups excluding tert-OH is 1. The molecule has 2 aliphatic heterocycles. The number of amides is 1. The van der Waals surface area contributed by atoms with E-state index >= 15 is 0 Å². The second-order valence-electron chi connectivity index (χ2n) is 5.78. The fourth-order valence-electron chi connectivity index (χ4n) is 3.01. The maximum absolute atomic E-state index is 12.2. The molecule has 110 valence electrons. The average molecular weight is 270 g/mol. The zero-order valence-corrected chi connectivity index (χ0v) is 11.8. The lowest BCUT2D eigenvalue weighted by Gasteiger charge is -2.36. The molecule has 0 bridgehead atoms. The van der Waals surface area contributed by atoms with E-state index in [4.69, 9.17) is 4.74 Å². The van der Waals surface area contributed by atoms with Crippen LogP contribution in [-0.2, 0) is 9.53 Å². The summed E-state index contributed by atoms with van der Waals surface area (Å²) in [6.45, 7) is 5.30. The summed E-state index contributed by atoms with van der Waals surface area (Å²) in [6.07, 6.45) is 3.81. The SMILES string of the molecule is CC1CN(C(=O)CCC2CCNCC2)CC(CO)O1. The first-order valence-corrected chi connectivity index (χ1v) is 7.44. The fraction of sp³-hybridized carbons (Fsp3) is 0.929. The number of hydrogen-bond donors (Lipinski definition) is 2. The van der Waals surface area contributed by atoms with Crippen molar-refractivity contribution in [1.82, 2.24) is 10.2 Å². The maximum Gasteiger partial charge on any atom is 0.222 e. The Morgan fingerprint density at radius 3 is 2.79 bits per heavy atom. The molecule has 0 aromatic carbocycles. The molecule has 0 spiro atoms. The highest BCUT2D eigenvalue weighted by Crippen LogP contribution is 2.19. The normalized spacial score (nSPS) is 29.5. The molecule has 0 aromatic heterocycles. The van der Waals surface area contributed by atoms with Crippen LogP contribution in [0.3, 0.4) is 0 Å². The molecule has 0 aromatic rings. The first-order chi connectivity index (χ1) is 9.19. The largest absolute Gasteiger partial charge is 0.394 e. The molecule has 2 fully saturated rings. The second kappa shape index (κ2) is 7.22. The van der Waals surface area contributed by atoms with Crippen molar-refractivity contribution < 1.29 is 14.6 Å². The van der Waals surface area contributed by atoms with Gasteiger partial charge in [0.2, 0.25) is 5.91 Å². The molecular weight excluding hydrogens is 244 g/mol. The second-order valence-corrected chi connectivity index (χ2v) is 5.78. The molecule has 2 N–H and O–H groups in total. The molecular formula is C14H26N2O3. The van der Waals surface area contributed by atoms with Gasteiger partial charge in [0.25, 0.3) is 0 Å². The highest BCUT2D eigenvalue weighted by molar-refractivity contribution is 5.76. The van der Waals surface area contributed by atoms with E-state index in [1.165, 1.54) is 12.8 Å². The number of nitrogens with zero attached hydrogens (tertiary/aromatic N) is 1. The number of hydrogen-bond acceptors (Lipinski definition) is 4. The Labute approximate surface area is 115 Å². The van der Waals surface area contributed by atoms with Crippen LogP contribution in [0.25, 0.3) is 0 Å². The molecule has 0 saturated carbocycles. The van der Waals surface area contributed by atoms with E-state index in [0.29, 0.717) is 25.4 Å². The molecule has 2 rings (SSSR count). The van der Waals surface area contributed by atoms with E-state index in [1.54, 1.807) is 0 Å². The van der Waals surface area contributed by atoms with E-state index in [2.05, 4.69) is 5.32 Å². The van der Waals surface area contributed by atoms with Crippen molar-refractivity contribution in [3.63, 3.8) is 0 Å². The summed E-state index contributed by atoms with van der Waals surface area (Å²) in [5.74, 6) is 0.907. The molecule has 0 aliphatic carbocycles. The van der Waals surface area contributed by atoms with Gasteiger partial charge in [0.15, 0.2) is 0 Å². The topological polar surface area (TPSA) is 61.8 Å². The molecule has 0 radical (unpaired) electrons. The van der Waals surface area contributed by atoms with Gasteiger partial charge in [-0.15, -0.1) is 0 Å². The average Bonchev–Trinajstić information content (AvgIpc) is 2.45. The predicted octanol–water partition coefficient (Wildman–Crippen LogP) is 0.374. The Bertz CT molecular complexity index is 292. The first-order valence-electron chi connectivity index (χ1n) is 7.44. The number of rotatable bonds is 4. The zero-order valence-electron chi connectivity index (χ0n) is 11.8. The summed E-state index contributed by atoms with van der Waals surface area (Å²) in [7, 11) is 0. The van der Waals surface area contributed by atoms with Crippen molar-refractivity contribution in [3.8, 4) is 0 Å². The number of aliphatic hydroxyl groups is 1. The van der Waals surface area contributed by atoms with Crippen LogP contribution in [0.4, 0.5) is 0 Å². The van der Waals surface area contributed by atoms with E-state index in [0.717, 1.165) is 19.5 Å². The molecule has 2 saturated heterocycles. The quantitative estimate of drug-likeness (QED) is 0.775. The Balaban J connectivity index is 1.75. The van der Waals surface area contributed by atoms with Crippen molar-refractivity contribution in [2.24, 2.45) is 5.92 Å². The molecule has 5 nitrogen and oxygen atoms in total. The molecule has 2 atom stereocenters.